The lowest BCUT2D eigenvalue weighted by atomic mass is 13.8. The Bertz CT molecular complexity index is 6.85. The van der Waals surface area contributed by atoms with Gasteiger partial charge in [-0.1, -0.05) is 0 Å². The molecule has 0 aromatic carbocycles. The molecule has 0 rings (SSSR count). The molecule has 0 amide bonds. The maximum atomic E-state index is 7.25. The van der Waals surface area contributed by atoms with Crippen LogP contribution in [0, 0.1) is 4.91 Å². The average Bonchev–Trinajstić information content (AvgIpc) is 1.00. The maximum Gasteiger partial charge on any atom is 0.120 e. The normalized spacial score (nSPS) is 0.800. The number of nitroso groups, excluding NO2 is 1. The van der Waals surface area contributed by atoms with Crippen molar-refractivity contribution in [3.05, 3.63) is 4.91 Å². The van der Waals surface area contributed by atoms with Crippen molar-refractivity contribution >= 4 is 0 Å². The molecule has 0 aliphatic rings. The summed E-state index contributed by atoms with van der Waals surface area (Å²) in [5.74, 6) is 0. The van der Waals surface area contributed by atoms with Crippen molar-refractivity contribution in [1.82, 2.24) is 5.59 Å². The van der Waals surface area contributed by atoms with Crippen molar-refractivity contribution in [1.29, 1.82) is 0 Å². The molecule has 2 nitrogen and oxygen atoms in total. The van der Waals surface area contributed by atoms with Gasteiger partial charge in [-0.2, -0.15) is 0 Å². The first-order chi connectivity index (χ1) is 1.00. The van der Waals surface area contributed by atoms with Gasteiger partial charge < -0.3 is 0 Å². The summed E-state index contributed by atoms with van der Waals surface area (Å²) < 4.78 is 0. The smallest absolute Gasteiger partial charge is 0.120 e. The first-order valence-corrected chi connectivity index (χ1v) is 0.183. The highest BCUT2D eigenvalue weighted by Gasteiger charge is 0.717. The minimum absolute atomic E-state index is 0. The molecule has 0 aliphatic carbocycles. The van der Waals surface area contributed by atoms with Gasteiger partial charge in [0.25, 0.3) is 0 Å². The van der Waals surface area contributed by atoms with Crippen LogP contribution in [0.2, 0.25) is 0 Å². The van der Waals surface area contributed by atoms with Crippen molar-refractivity contribution in [3.63, 3.8) is 0 Å². The molecule has 0 bridgehead atoms. The minimum atomic E-state index is 0. The second-order valence-electron chi connectivity index (χ2n) is 0. The fourth-order valence-electron chi connectivity index (χ4n) is 0. The summed E-state index contributed by atoms with van der Waals surface area (Å²) in [6.45, 7) is 0. The zero-order chi connectivity index (χ0) is 2.00. The van der Waals surface area contributed by atoms with E-state index in [0.29, 0.717) is 0 Å². The SMILES string of the molecule is F.F.F.[N]=O. The summed E-state index contributed by atoms with van der Waals surface area (Å²) in [5, 5.41) is 0. The Labute approximate surface area is 26.0 Å². The van der Waals surface area contributed by atoms with Gasteiger partial charge >= 0.3 is 0 Å². The van der Waals surface area contributed by atoms with Crippen LogP contribution in [-0.2, 0) is 0 Å². The molecule has 0 spiro atoms. The fraction of sp³-hybridized carbons (Fsp3) is 0. The van der Waals surface area contributed by atoms with Crippen molar-refractivity contribution in [2.75, 3.05) is 0 Å². The Balaban J connectivity index is -0.00000000167. The highest BCUT2D eigenvalue weighted by Crippen LogP contribution is 0.529. The maximum absolute atomic E-state index is 7.25. The lowest BCUT2D eigenvalue weighted by Crippen LogP contribution is -0.976. The quantitative estimate of drug-likeness (QED) is 0.413. The van der Waals surface area contributed by atoms with E-state index in [1.807, 2.05) is 0 Å². The lowest BCUT2D eigenvalue weighted by Gasteiger charge is -0.717. The monoisotopic (exact) mass is 90.0 g/mol. The molecule has 0 aliphatic heterocycles. The van der Waals surface area contributed by atoms with Gasteiger partial charge in [0.15, 0.2) is 0 Å². The van der Waals surface area contributed by atoms with E-state index in [2.05, 4.69) is 0 Å². The fourth-order valence-corrected chi connectivity index (χ4v) is 0. The van der Waals surface area contributed by atoms with E-state index in [1.165, 1.54) is 0 Å². The molecule has 0 aromatic heterocycles. The molecule has 0 fully saturated rings. The molecular formula is H3F3NO. The Kier molecular flexibility index (Phi) is 3450. The summed E-state index contributed by atoms with van der Waals surface area (Å²) in [5.41, 5.74) is 5.75. The largest absolute Gasteiger partial charge is 0.269 e. The van der Waals surface area contributed by atoms with Crippen LogP contribution in [-0.4, -0.2) is 0 Å². The zero-order valence-corrected chi connectivity index (χ0v) is 2.08. The van der Waals surface area contributed by atoms with Crippen molar-refractivity contribution in [2.24, 2.45) is 0 Å². The van der Waals surface area contributed by atoms with Crippen molar-refractivity contribution < 1.29 is 14.1 Å². The number of rotatable bonds is 0. The minimum Gasteiger partial charge on any atom is -0.269 e. The van der Waals surface area contributed by atoms with E-state index in [4.69, 9.17) is 10.5 Å². The first-order valence-electron chi connectivity index (χ1n) is 0.183. The standard InChI is InChI=1S/3FH.NO/c;;;1-2/h3*1H;. The predicted molar refractivity (Wildman–Crippen MR) is 13.0 cm³/mol. The summed E-state index contributed by atoms with van der Waals surface area (Å²) in [6, 6.07) is 0. The van der Waals surface area contributed by atoms with Crippen molar-refractivity contribution in [2.45, 2.75) is 0 Å². The molecule has 0 saturated heterocycles. The number of hydrogen-bond donors (Lipinski definition) is 0. The average molecular weight is 90.0 g/mol. The van der Waals surface area contributed by atoms with Crippen LogP contribution in [0.25, 0.3) is 0 Å². The van der Waals surface area contributed by atoms with Gasteiger partial charge in [0.05, 0.1) is 0 Å². The van der Waals surface area contributed by atoms with Gasteiger partial charge in [0, 0.05) is 0 Å². The molecule has 0 N–H and O–H groups in total. The van der Waals surface area contributed by atoms with Gasteiger partial charge in [-0.05, 0) is 0 Å². The molecule has 0 atom stereocenters. The number of nitrogens with zero attached hydrogens (tertiary/aromatic N) is 1. The molecule has 5 heavy (non-hydrogen) atoms. The van der Waals surface area contributed by atoms with Crippen LogP contribution in [0.1, 0.15) is 0 Å². The summed E-state index contributed by atoms with van der Waals surface area (Å²) in [7, 11) is 0. The Morgan fingerprint density at radius 3 is 0.800 bits per heavy atom. The Morgan fingerprint density at radius 2 is 0.800 bits per heavy atom. The summed E-state index contributed by atoms with van der Waals surface area (Å²) >= 11 is 0. The van der Waals surface area contributed by atoms with Crippen LogP contribution in [0.4, 0.5) is 14.1 Å². The first kappa shape index (κ1) is 332. The van der Waals surface area contributed by atoms with E-state index < -0.39 is 0 Å². The Hall–Kier alpha value is -0.610. The van der Waals surface area contributed by atoms with Crippen molar-refractivity contribution in [3.8, 4) is 0 Å². The molecule has 35 valence electrons. The van der Waals surface area contributed by atoms with Gasteiger partial charge in [0.2, 0.25) is 0 Å². The van der Waals surface area contributed by atoms with Crippen LogP contribution in [0.15, 0.2) is 0 Å². The molecule has 0 saturated carbocycles. The molecule has 1 radical (unpaired) electrons. The second-order valence-corrected chi connectivity index (χ2v) is 0. The third-order valence-corrected chi connectivity index (χ3v) is 0. The van der Waals surface area contributed by atoms with E-state index in [0.717, 1.165) is 0 Å². The van der Waals surface area contributed by atoms with Gasteiger partial charge in [-0.3, -0.25) is 14.1 Å². The van der Waals surface area contributed by atoms with Gasteiger partial charge in [0.1, 0.15) is 5.59 Å². The van der Waals surface area contributed by atoms with Crippen LogP contribution in [0.5, 0.6) is 0 Å². The van der Waals surface area contributed by atoms with E-state index >= 15 is 0 Å². The van der Waals surface area contributed by atoms with E-state index in [-0.39, 0.29) is 14.1 Å². The number of hydrogen-bond acceptors (Lipinski definition) is 1. The van der Waals surface area contributed by atoms with Crippen LogP contribution < -0.4 is 5.59 Å². The van der Waals surface area contributed by atoms with Crippen LogP contribution in [0.3, 0.4) is 0 Å². The van der Waals surface area contributed by atoms with Crippen LogP contribution >= 0.6 is 0 Å². The molecular weight excluding hydrogens is 87.0 g/mol. The van der Waals surface area contributed by atoms with Gasteiger partial charge in [-0.15, -0.1) is 4.91 Å². The third kappa shape index (κ3) is 17.6. The second kappa shape index (κ2) is 52.0. The lowest BCUT2D eigenvalue weighted by molar-refractivity contribution is 1.11. The molecule has 0 unspecified atom stereocenters. The summed E-state index contributed by atoms with van der Waals surface area (Å²) in [6.07, 6.45) is 0. The topological polar surface area (TPSA) is 39.4 Å². The number of halogens is 3. The highest BCUT2D eigenvalue weighted by molar-refractivity contribution is 3.69. The molecule has 5 heteroatoms. The van der Waals surface area contributed by atoms with E-state index in [9.17, 15) is 0 Å². The summed E-state index contributed by atoms with van der Waals surface area (Å²) in [4.78, 5) is 7.25. The zero-order valence-electron chi connectivity index (χ0n) is 2.08. The highest BCUT2D eigenvalue weighted by atomic mass is 19.0. The molecule has 0 heterocycles. The van der Waals surface area contributed by atoms with E-state index in [1.54, 1.807) is 0 Å². The Morgan fingerprint density at radius 1 is 0.800 bits per heavy atom. The predicted octanol–water partition coefficient (Wildman–Crippen LogP) is 0.0104. The molecule has 0 aromatic rings. The third-order valence-electron chi connectivity index (χ3n) is 0. The van der Waals surface area contributed by atoms with Gasteiger partial charge in [-0.25, -0.2) is 0 Å².